The van der Waals surface area contributed by atoms with Gasteiger partial charge in [-0.1, -0.05) is 20.8 Å². The van der Waals surface area contributed by atoms with Crippen LogP contribution in [-0.4, -0.2) is 24.9 Å². The fourth-order valence-corrected chi connectivity index (χ4v) is 0.807. The van der Waals surface area contributed by atoms with Gasteiger partial charge in [0.1, 0.15) is 6.29 Å². The molecule has 2 amide bonds. The number of rotatable bonds is 3. The van der Waals surface area contributed by atoms with Gasteiger partial charge in [0.2, 0.25) is 0 Å². The van der Waals surface area contributed by atoms with Crippen molar-refractivity contribution in [3.63, 3.8) is 0 Å². The van der Waals surface area contributed by atoms with Crippen LogP contribution in [0.1, 0.15) is 27.7 Å². The molecular weight excluding hydrogens is 168 g/mol. The summed E-state index contributed by atoms with van der Waals surface area (Å²) in [5.74, 6) is 0. The molecule has 0 saturated carbocycles. The lowest BCUT2D eigenvalue weighted by Crippen LogP contribution is -2.48. The average Bonchev–Trinajstić information content (AvgIpc) is 1.98. The van der Waals surface area contributed by atoms with E-state index in [1.165, 1.54) is 0 Å². The highest BCUT2D eigenvalue weighted by Crippen LogP contribution is 2.17. The van der Waals surface area contributed by atoms with Gasteiger partial charge in [-0.05, 0) is 12.3 Å². The van der Waals surface area contributed by atoms with Crippen molar-refractivity contribution in [3.8, 4) is 0 Å². The Kier molecular flexibility index (Phi) is 4.45. The fourth-order valence-electron chi connectivity index (χ4n) is 0.807. The predicted molar refractivity (Wildman–Crippen MR) is 51.5 cm³/mol. The maximum Gasteiger partial charge on any atom is 0.315 e. The van der Waals surface area contributed by atoms with Gasteiger partial charge in [0.15, 0.2) is 0 Å². The summed E-state index contributed by atoms with van der Waals surface area (Å²) in [5, 5.41) is 5.16. The van der Waals surface area contributed by atoms with Crippen molar-refractivity contribution >= 4 is 12.3 Å². The lowest BCUT2D eigenvalue weighted by Gasteiger charge is -2.26. The molecule has 1 unspecified atom stereocenters. The molecule has 0 bridgehead atoms. The van der Waals surface area contributed by atoms with Gasteiger partial charge in [-0.15, -0.1) is 0 Å². The molecule has 0 aromatic carbocycles. The number of hydrogen-bond donors (Lipinski definition) is 2. The molecule has 0 rings (SSSR count). The molecule has 1 atom stereocenters. The molecule has 4 nitrogen and oxygen atoms in total. The normalized spacial score (nSPS) is 13.2. The zero-order chi connectivity index (χ0) is 10.5. The second kappa shape index (κ2) is 4.84. The maximum absolute atomic E-state index is 11.1. The highest BCUT2D eigenvalue weighted by Gasteiger charge is 2.25. The van der Waals surface area contributed by atoms with Crippen molar-refractivity contribution in [2.45, 2.75) is 33.7 Å². The number of nitrogens with one attached hydrogen (secondary N) is 2. The molecule has 0 aliphatic carbocycles. The topological polar surface area (TPSA) is 58.2 Å². The summed E-state index contributed by atoms with van der Waals surface area (Å²) in [6.45, 7) is 8.09. The Hall–Kier alpha value is -1.06. The quantitative estimate of drug-likeness (QED) is 0.644. The van der Waals surface area contributed by atoms with E-state index in [4.69, 9.17) is 0 Å². The molecule has 0 aromatic rings. The molecule has 0 spiro atoms. The van der Waals surface area contributed by atoms with Crippen molar-refractivity contribution in [1.29, 1.82) is 0 Å². The summed E-state index contributed by atoms with van der Waals surface area (Å²) >= 11 is 0. The molecule has 0 heterocycles. The van der Waals surface area contributed by atoms with Crippen molar-refractivity contribution in [1.82, 2.24) is 10.6 Å². The molecule has 0 fully saturated rings. The lowest BCUT2D eigenvalue weighted by atomic mass is 9.88. The number of carbonyl (C=O) groups excluding carboxylic acids is 2. The van der Waals surface area contributed by atoms with E-state index in [1.807, 2.05) is 27.7 Å². The van der Waals surface area contributed by atoms with Crippen LogP contribution in [0.5, 0.6) is 0 Å². The Bertz CT molecular complexity index is 185. The molecule has 13 heavy (non-hydrogen) atoms. The predicted octanol–water partition coefficient (Wildman–Crippen LogP) is 0.919. The van der Waals surface area contributed by atoms with E-state index >= 15 is 0 Å². The van der Waals surface area contributed by atoms with Crippen molar-refractivity contribution < 1.29 is 9.59 Å². The Balaban J connectivity index is 4.14. The van der Waals surface area contributed by atoms with E-state index in [2.05, 4.69) is 10.6 Å². The number of hydrogen-bond acceptors (Lipinski definition) is 2. The van der Waals surface area contributed by atoms with E-state index in [9.17, 15) is 9.59 Å². The zero-order valence-corrected chi connectivity index (χ0v) is 8.68. The van der Waals surface area contributed by atoms with Crippen LogP contribution in [0.25, 0.3) is 0 Å². The van der Waals surface area contributed by atoms with Crippen LogP contribution in [0.4, 0.5) is 4.79 Å². The minimum absolute atomic E-state index is 0.243. The van der Waals surface area contributed by atoms with Gasteiger partial charge in [0.05, 0.1) is 6.04 Å². The number of urea groups is 1. The third-order valence-corrected chi connectivity index (χ3v) is 1.69. The first kappa shape index (κ1) is 11.9. The summed E-state index contributed by atoms with van der Waals surface area (Å²) in [5.41, 5.74) is -0.243. The van der Waals surface area contributed by atoms with Crippen molar-refractivity contribution in [3.05, 3.63) is 0 Å². The van der Waals surface area contributed by atoms with Gasteiger partial charge in [0, 0.05) is 6.54 Å². The summed E-state index contributed by atoms with van der Waals surface area (Å²) in [6.07, 6.45) is 0.759. The molecule has 0 aliphatic rings. The lowest BCUT2D eigenvalue weighted by molar-refractivity contribution is -0.111. The first-order valence-corrected chi connectivity index (χ1v) is 4.41. The largest absolute Gasteiger partial charge is 0.338 e. The fraction of sp³-hybridized carbons (Fsp3) is 0.778. The third kappa shape index (κ3) is 4.50. The smallest absolute Gasteiger partial charge is 0.315 e. The summed E-state index contributed by atoms with van der Waals surface area (Å²) < 4.78 is 0. The molecule has 4 heteroatoms. The average molecular weight is 186 g/mol. The van der Waals surface area contributed by atoms with Gasteiger partial charge in [-0.25, -0.2) is 4.79 Å². The first-order chi connectivity index (χ1) is 5.91. The Labute approximate surface area is 79.1 Å². The van der Waals surface area contributed by atoms with Gasteiger partial charge >= 0.3 is 6.03 Å². The Morgan fingerprint density at radius 2 is 2.00 bits per heavy atom. The summed E-state index contributed by atoms with van der Waals surface area (Å²) in [7, 11) is 0. The van der Waals surface area contributed by atoms with Crippen LogP contribution in [0, 0.1) is 5.41 Å². The number of amides is 2. The SMILES string of the molecule is CCNC(=O)NC(C=O)C(C)(C)C. The van der Waals surface area contributed by atoms with Gasteiger partial charge < -0.3 is 15.4 Å². The first-order valence-electron chi connectivity index (χ1n) is 4.41. The number of aldehydes is 1. The second-order valence-corrected chi connectivity index (χ2v) is 3.98. The number of carbonyl (C=O) groups is 2. The van der Waals surface area contributed by atoms with Crippen LogP contribution in [0.3, 0.4) is 0 Å². The van der Waals surface area contributed by atoms with Gasteiger partial charge in [-0.2, -0.15) is 0 Å². The van der Waals surface area contributed by atoms with Crippen LogP contribution < -0.4 is 10.6 Å². The minimum atomic E-state index is -0.445. The summed E-state index contributed by atoms with van der Waals surface area (Å²) in [6, 6.07) is -0.742. The van der Waals surface area contributed by atoms with E-state index in [0.717, 1.165) is 6.29 Å². The highest BCUT2D eigenvalue weighted by atomic mass is 16.2. The molecule has 0 saturated heterocycles. The Morgan fingerprint density at radius 1 is 1.46 bits per heavy atom. The molecule has 2 N–H and O–H groups in total. The van der Waals surface area contributed by atoms with E-state index in [1.54, 1.807) is 0 Å². The standard InChI is InChI=1S/C9H18N2O2/c1-5-10-8(13)11-7(6-12)9(2,3)4/h6-7H,5H2,1-4H3,(H2,10,11,13). The molecule has 0 aliphatic heterocycles. The maximum atomic E-state index is 11.1. The highest BCUT2D eigenvalue weighted by molar-refractivity contribution is 5.78. The van der Waals surface area contributed by atoms with Crippen LogP contribution in [-0.2, 0) is 4.79 Å². The van der Waals surface area contributed by atoms with Crippen molar-refractivity contribution in [2.24, 2.45) is 5.41 Å². The minimum Gasteiger partial charge on any atom is -0.338 e. The monoisotopic (exact) mass is 186 g/mol. The molecule has 76 valence electrons. The van der Waals surface area contributed by atoms with E-state index < -0.39 is 6.04 Å². The summed E-state index contributed by atoms with van der Waals surface area (Å²) in [4.78, 5) is 21.7. The molecular formula is C9H18N2O2. The third-order valence-electron chi connectivity index (χ3n) is 1.69. The van der Waals surface area contributed by atoms with Crippen molar-refractivity contribution in [2.75, 3.05) is 6.54 Å². The van der Waals surface area contributed by atoms with Crippen LogP contribution >= 0.6 is 0 Å². The van der Waals surface area contributed by atoms with Gasteiger partial charge in [-0.3, -0.25) is 0 Å². The zero-order valence-electron chi connectivity index (χ0n) is 8.68. The molecule has 0 radical (unpaired) electrons. The molecule has 0 aromatic heterocycles. The van der Waals surface area contributed by atoms with E-state index in [-0.39, 0.29) is 11.4 Å². The van der Waals surface area contributed by atoms with Crippen LogP contribution in [0.2, 0.25) is 0 Å². The Morgan fingerprint density at radius 3 is 2.31 bits per heavy atom. The van der Waals surface area contributed by atoms with E-state index in [0.29, 0.717) is 6.54 Å². The van der Waals surface area contributed by atoms with Gasteiger partial charge in [0.25, 0.3) is 0 Å². The second-order valence-electron chi connectivity index (χ2n) is 3.98. The van der Waals surface area contributed by atoms with Crippen LogP contribution in [0.15, 0.2) is 0 Å².